The van der Waals surface area contributed by atoms with E-state index in [2.05, 4.69) is 0 Å². The molecule has 98 valence electrons. The van der Waals surface area contributed by atoms with Gasteiger partial charge < -0.3 is 4.74 Å². The van der Waals surface area contributed by atoms with Crippen LogP contribution in [0.25, 0.3) is 0 Å². The molecule has 0 aliphatic carbocycles. The van der Waals surface area contributed by atoms with Crippen LogP contribution >= 0.6 is 0 Å². The van der Waals surface area contributed by atoms with Crippen molar-refractivity contribution in [3.8, 4) is 0 Å². The lowest BCUT2D eigenvalue weighted by Gasteiger charge is -2.33. The first kappa shape index (κ1) is 13.9. The Labute approximate surface area is 101 Å². The second-order valence-electron chi connectivity index (χ2n) is 5.72. The average Bonchev–Trinajstić information content (AvgIpc) is 2.40. The summed E-state index contributed by atoms with van der Waals surface area (Å²) in [4.78, 5) is 24.7. The number of hydrogen-bond acceptors (Lipinski definition) is 3. The summed E-state index contributed by atoms with van der Waals surface area (Å²) in [6.07, 6.45) is -1.76. The van der Waals surface area contributed by atoms with E-state index in [0.29, 0.717) is 0 Å². The zero-order valence-electron chi connectivity index (χ0n) is 11.0. The maximum Gasteiger partial charge on any atom is 0.411 e. The quantitative estimate of drug-likeness (QED) is 0.712. The fraction of sp³-hybridized carbons (Fsp3) is 0.833. The Morgan fingerprint density at radius 3 is 2.35 bits per heavy atom. The molecule has 1 rings (SSSR count). The third-order valence-electron chi connectivity index (χ3n) is 2.97. The summed E-state index contributed by atoms with van der Waals surface area (Å²) < 4.78 is 18.6. The first-order chi connectivity index (χ1) is 7.56. The molecule has 1 aliphatic heterocycles. The van der Waals surface area contributed by atoms with Crippen molar-refractivity contribution in [2.24, 2.45) is 0 Å². The van der Waals surface area contributed by atoms with Gasteiger partial charge in [0.2, 0.25) is 0 Å². The van der Waals surface area contributed by atoms with Crippen LogP contribution in [-0.2, 0) is 9.53 Å². The number of hydrogen-bond donors (Lipinski definition) is 0. The highest BCUT2D eigenvalue weighted by molar-refractivity contribution is 5.90. The maximum absolute atomic E-state index is 13.4. The molecule has 1 amide bonds. The molecule has 2 atom stereocenters. The molecule has 0 spiro atoms. The van der Waals surface area contributed by atoms with Gasteiger partial charge in [-0.05, 0) is 34.6 Å². The predicted octanol–water partition coefficient (Wildman–Crippen LogP) is 2.31. The van der Waals surface area contributed by atoms with Gasteiger partial charge in [0.15, 0.2) is 5.78 Å². The summed E-state index contributed by atoms with van der Waals surface area (Å²) in [5.41, 5.74) is -1.73. The monoisotopic (exact) mass is 245 g/mol. The molecule has 0 saturated carbocycles. The van der Waals surface area contributed by atoms with E-state index < -0.39 is 23.4 Å². The molecule has 1 heterocycles. The van der Waals surface area contributed by atoms with Crippen molar-refractivity contribution in [3.63, 3.8) is 0 Å². The minimum atomic E-state index is -1.17. The average molecular weight is 245 g/mol. The summed E-state index contributed by atoms with van der Waals surface area (Å²) in [7, 11) is 0. The third-order valence-corrected chi connectivity index (χ3v) is 2.97. The van der Waals surface area contributed by atoms with E-state index in [4.69, 9.17) is 4.74 Å². The van der Waals surface area contributed by atoms with Crippen LogP contribution in [0.15, 0.2) is 0 Å². The van der Waals surface area contributed by atoms with E-state index in [9.17, 15) is 14.0 Å². The van der Waals surface area contributed by atoms with E-state index in [0.717, 1.165) is 0 Å². The van der Waals surface area contributed by atoms with Crippen LogP contribution in [-0.4, -0.2) is 40.6 Å². The Morgan fingerprint density at radius 2 is 1.94 bits per heavy atom. The highest BCUT2D eigenvalue weighted by Crippen LogP contribution is 2.33. The summed E-state index contributed by atoms with van der Waals surface area (Å²) in [5.74, 6) is -0.219. The first-order valence-corrected chi connectivity index (χ1v) is 5.72. The molecule has 0 N–H and O–H groups in total. The van der Waals surface area contributed by atoms with Gasteiger partial charge in [-0.2, -0.15) is 0 Å². The number of amides is 1. The van der Waals surface area contributed by atoms with Crippen LogP contribution in [0.4, 0.5) is 9.18 Å². The van der Waals surface area contributed by atoms with Crippen LogP contribution in [0.3, 0.4) is 0 Å². The van der Waals surface area contributed by atoms with Crippen molar-refractivity contribution >= 4 is 11.9 Å². The molecule has 17 heavy (non-hydrogen) atoms. The second kappa shape index (κ2) is 4.27. The van der Waals surface area contributed by atoms with Gasteiger partial charge in [-0.15, -0.1) is 0 Å². The Balaban J connectivity index is 2.88. The number of Topliss-reactive ketones (excluding diaryl/α,β-unsaturated/α-hetero) is 1. The van der Waals surface area contributed by atoms with Gasteiger partial charge in [0.1, 0.15) is 17.3 Å². The van der Waals surface area contributed by atoms with E-state index in [1.165, 1.54) is 11.8 Å². The van der Waals surface area contributed by atoms with Crippen molar-refractivity contribution in [2.75, 3.05) is 6.54 Å². The number of nitrogens with zero attached hydrogens (tertiary/aromatic N) is 1. The Morgan fingerprint density at radius 1 is 1.41 bits per heavy atom. The molecular formula is C12H20FNO3. The lowest BCUT2D eigenvalue weighted by molar-refractivity contribution is -0.126. The van der Waals surface area contributed by atoms with Gasteiger partial charge in [-0.25, -0.2) is 9.18 Å². The van der Waals surface area contributed by atoms with Crippen molar-refractivity contribution in [1.29, 1.82) is 0 Å². The van der Waals surface area contributed by atoms with E-state index in [1.54, 1.807) is 27.7 Å². The van der Waals surface area contributed by atoms with Crippen molar-refractivity contribution < 1.29 is 18.7 Å². The number of ketones is 1. The summed E-state index contributed by atoms with van der Waals surface area (Å²) >= 11 is 0. The van der Waals surface area contributed by atoms with E-state index in [1.807, 2.05) is 0 Å². The molecule has 0 aromatic heterocycles. The molecule has 0 bridgehead atoms. The topological polar surface area (TPSA) is 46.6 Å². The number of likely N-dealkylation sites (tertiary alicyclic amines) is 1. The number of carbonyl (C=O) groups excluding carboxylic acids is 2. The molecular weight excluding hydrogens is 225 g/mol. The molecule has 0 aromatic rings. The molecule has 0 radical (unpaired) electrons. The van der Waals surface area contributed by atoms with Crippen molar-refractivity contribution in [3.05, 3.63) is 0 Å². The van der Waals surface area contributed by atoms with Crippen LogP contribution in [0, 0.1) is 0 Å². The molecule has 1 unspecified atom stereocenters. The first-order valence-electron chi connectivity index (χ1n) is 5.72. The maximum atomic E-state index is 13.4. The number of rotatable bonds is 1. The van der Waals surface area contributed by atoms with Crippen LogP contribution < -0.4 is 0 Å². The van der Waals surface area contributed by atoms with Crippen molar-refractivity contribution in [2.45, 2.75) is 58.4 Å². The number of alkyl halides is 1. The van der Waals surface area contributed by atoms with Gasteiger partial charge in [0.05, 0.1) is 6.54 Å². The SMILES string of the molecule is CC(=O)C1(C)C[C@H](F)CN1C(=O)OC(C)(C)C. The largest absolute Gasteiger partial charge is 0.444 e. The third kappa shape index (κ3) is 2.96. The Bertz CT molecular complexity index is 337. The number of halogens is 1. The Kier molecular flexibility index (Phi) is 3.50. The van der Waals surface area contributed by atoms with Gasteiger partial charge >= 0.3 is 6.09 Å². The molecule has 0 aromatic carbocycles. The molecule has 1 fully saturated rings. The normalized spacial score (nSPS) is 29.3. The summed E-state index contributed by atoms with van der Waals surface area (Å²) in [5, 5.41) is 0. The summed E-state index contributed by atoms with van der Waals surface area (Å²) in [6, 6.07) is 0. The minimum absolute atomic E-state index is 0.0432. The second-order valence-corrected chi connectivity index (χ2v) is 5.72. The highest BCUT2D eigenvalue weighted by atomic mass is 19.1. The molecule has 5 heteroatoms. The lowest BCUT2D eigenvalue weighted by Crippen LogP contribution is -2.51. The Hall–Kier alpha value is -1.13. The standard InChI is InChI=1S/C12H20FNO3/c1-8(15)12(5)6-9(13)7-14(12)10(16)17-11(2,3)4/h9H,6-7H2,1-5H3/t9-,12?/m0/s1. The predicted molar refractivity (Wildman–Crippen MR) is 61.5 cm³/mol. The van der Waals surface area contributed by atoms with Crippen LogP contribution in [0.1, 0.15) is 41.0 Å². The van der Waals surface area contributed by atoms with Gasteiger partial charge in [-0.3, -0.25) is 9.69 Å². The zero-order chi connectivity index (χ0) is 13.4. The van der Waals surface area contributed by atoms with Crippen LogP contribution in [0.5, 0.6) is 0 Å². The minimum Gasteiger partial charge on any atom is -0.444 e. The molecule has 1 saturated heterocycles. The van der Waals surface area contributed by atoms with E-state index in [-0.39, 0.29) is 18.7 Å². The van der Waals surface area contributed by atoms with E-state index >= 15 is 0 Å². The van der Waals surface area contributed by atoms with Gasteiger partial charge in [-0.1, -0.05) is 0 Å². The zero-order valence-corrected chi connectivity index (χ0v) is 11.0. The van der Waals surface area contributed by atoms with Crippen LogP contribution in [0.2, 0.25) is 0 Å². The number of carbonyl (C=O) groups is 2. The number of ether oxygens (including phenoxy) is 1. The summed E-state index contributed by atoms with van der Waals surface area (Å²) in [6.45, 7) is 8.08. The fourth-order valence-electron chi connectivity index (χ4n) is 1.93. The molecule has 4 nitrogen and oxygen atoms in total. The van der Waals surface area contributed by atoms with Crippen molar-refractivity contribution in [1.82, 2.24) is 4.90 Å². The van der Waals surface area contributed by atoms with Gasteiger partial charge in [0, 0.05) is 6.42 Å². The smallest absolute Gasteiger partial charge is 0.411 e. The molecule has 1 aliphatic rings. The fourth-order valence-corrected chi connectivity index (χ4v) is 1.93. The van der Waals surface area contributed by atoms with Gasteiger partial charge in [0.25, 0.3) is 0 Å². The lowest BCUT2D eigenvalue weighted by atomic mass is 9.94. The highest BCUT2D eigenvalue weighted by Gasteiger charge is 2.49.